The third-order valence-corrected chi connectivity index (χ3v) is 4.98. The predicted octanol–water partition coefficient (Wildman–Crippen LogP) is 5.27. The number of fused-ring (bicyclic) bond motifs is 1. The summed E-state index contributed by atoms with van der Waals surface area (Å²) in [6, 6.07) is 21.3. The van der Waals surface area contributed by atoms with Crippen LogP contribution in [0, 0.1) is 0 Å². The summed E-state index contributed by atoms with van der Waals surface area (Å²) in [6.45, 7) is 0. The number of hydrogen-bond acceptors (Lipinski definition) is 3. The zero-order valence-corrected chi connectivity index (χ0v) is 16.0. The van der Waals surface area contributed by atoms with Crippen LogP contribution in [-0.4, -0.2) is 30.1 Å². The van der Waals surface area contributed by atoms with E-state index in [9.17, 15) is 9.59 Å². The maximum absolute atomic E-state index is 12.2. The largest absolute Gasteiger partial charge is 0.339 e. The number of hydrogen-bond donors (Lipinski definition) is 1. The minimum absolute atomic E-state index is 0.0372. The van der Waals surface area contributed by atoms with Crippen LogP contribution >= 0.6 is 11.8 Å². The number of nitrogens with one attached hydrogen (secondary N) is 1. The Bertz CT molecular complexity index is 989. The molecule has 0 spiro atoms. The molecule has 5 heteroatoms. The number of carbonyl (C=O) groups is 2. The van der Waals surface area contributed by atoms with Crippen molar-refractivity contribution in [3.8, 4) is 0 Å². The lowest BCUT2D eigenvalue weighted by Gasteiger charge is -2.09. The summed E-state index contributed by atoms with van der Waals surface area (Å²) in [5.74, 6) is -0.201. The molecule has 0 saturated heterocycles. The number of benzene rings is 3. The van der Waals surface area contributed by atoms with Gasteiger partial charge in [0.1, 0.15) is 0 Å². The van der Waals surface area contributed by atoms with Gasteiger partial charge >= 0.3 is 0 Å². The Kier molecular flexibility index (Phi) is 5.94. The van der Waals surface area contributed by atoms with Gasteiger partial charge < -0.3 is 10.2 Å². The molecule has 2 amide bonds. The van der Waals surface area contributed by atoms with Crippen molar-refractivity contribution in [3.05, 3.63) is 78.4 Å². The van der Waals surface area contributed by atoms with Gasteiger partial charge in [-0.2, -0.15) is 0 Å². The van der Waals surface area contributed by atoms with E-state index in [4.69, 9.17) is 0 Å². The second-order valence-electron chi connectivity index (χ2n) is 6.18. The molecule has 0 radical (unpaired) electrons. The van der Waals surface area contributed by atoms with Gasteiger partial charge in [0.25, 0.3) is 5.24 Å². The highest BCUT2D eigenvalue weighted by Crippen LogP contribution is 2.23. The zero-order chi connectivity index (χ0) is 19.2. The monoisotopic (exact) mass is 376 g/mol. The Morgan fingerprint density at radius 1 is 0.926 bits per heavy atom. The van der Waals surface area contributed by atoms with E-state index in [1.54, 1.807) is 26.2 Å². The van der Waals surface area contributed by atoms with E-state index < -0.39 is 0 Å². The molecule has 0 aliphatic heterocycles. The van der Waals surface area contributed by atoms with Crippen LogP contribution in [0.3, 0.4) is 0 Å². The molecule has 0 heterocycles. The first-order chi connectivity index (χ1) is 13.0. The van der Waals surface area contributed by atoms with Gasteiger partial charge in [0, 0.05) is 30.8 Å². The maximum Gasteiger partial charge on any atom is 0.285 e. The molecule has 136 valence electrons. The molecule has 3 aromatic rings. The average molecular weight is 376 g/mol. The normalized spacial score (nSPS) is 10.9. The molecule has 0 fully saturated rings. The highest BCUT2D eigenvalue weighted by Gasteiger charge is 2.07. The summed E-state index contributed by atoms with van der Waals surface area (Å²) >= 11 is 1.15. The highest BCUT2D eigenvalue weighted by atomic mass is 32.2. The number of nitrogens with zero attached hydrogens (tertiary/aromatic N) is 1. The van der Waals surface area contributed by atoms with Crippen LogP contribution in [0.2, 0.25) is 0 Å². The van der Waals surface area contributed by atoms with Crippen molar-refractivity contribution in [2.24, 2.45) is 0 Å². The van der Waals surface area contributed by atoms with Gasteiger partial charge in [-0.15, -0.1) is 0 Å². The van der Waals surface area contributed by atoms with Crippen molar-refractivity contribution in [2.75, 3.05) is 19.4 Å². The highest BCUT2D eigenvalue weighted by molar-refractivity contribution is 8.13. The summed E-state index contributed by atoms with van der Waals surface area (Å²) in [4.78, 5) is 26.3. The number of thioether (sulfide) groups is 1. The van der Waals surface area contributed by atoms with Crippen LogP contribution in [0.4, 0.5) is 10.5 Å². The molecule has 0 saturated carbocycles. The number of carbonyl (C=O) groups excluding carboxylic acids is 2. The topological polar surface area (TPSA) is 49.4 Å². The minimum atomic E-state index is -0.201. The van der Waals surface area contributed by atoms with E-state index in [-0.39, 0.29) is 11.1 Å². The molecular formula is C22H20N2O2S. The number of anilines is 1. The van der Waals surface area contributed by atoms with Crippen LogP contribution in [0.15, 0.2) is 77.7 Å². The molecule has 27 heavy (non-hydrogen) atoms. The molecule has 3 aromatic carbocycles. The van der Waals surface area contributed by atoms with E-state index in [1.807, 2.05) is 60.7 Å². The fourth-order valence-corrected chi connectivity index (χ4v) is 3.20. The zero-order valence-electron chi connectivity index (χ0n) is 15.2. The van der Waals surface area contributed by atoms with Gasteiger partial charge in [-0.1, -0.05) is 42.5 Å². The lowest BCUT2D eigenvalue weighted by atomic mass is 10.0. The summed E-state index contributed by atoms with van der Waals surface area (Å²) in [5.41, 5.74) is 1.68. The van der Waals surface area contributed by atoms with Crippen molar-refractivity contribution in [1.82, 2.24) is 4.90 Å². The Labute approximate surface area is 162 Å². The van der Waals surface area contributed by atoms with Crippen LogP contribution in [-0.2, 0) is 4.79 Å². The van der Waals surface area contributed by atoms with Gasteiger partial charge in [0.15, 0.2) is 0 Å². The maximum atomic E-state index is 12.2. The summed E-state index contributed by atoms with van der Waals surface area (Å²) in [5, 5.41) is 5.04. The van der Waals surface area contributed by atoms with E-state index in [1.165, 1.54) is 11.0 Å². The van der Waals surface area contributed by atoms with Crippen LogP contribution in [0.1, 0.15) is 5.56 Å². The molecule has 0 atom stereocenters. The van der Waals surface area contributed by atoms with Gasteiger partial charge in [-0.25, -0.2) is 0 Å². The van der Waals surface area contributed by atoms with Gasteiger partial charge in [0.05, 0.1) is 0 Å². The molecule has 3 rings (SSSR count). The van der Waals surface area contributed by atoms with Gasteiger partial charge in [-0.3, -0.25) is 9.59 Å². The second-order valence-corrected chi connectivity index (χ2v) is 7.20. The molecule has 0 aromatic heterocycles. The lowest BCUT2D eigenvalue weighted by molar-refractivity contribution is -0.111. The Hall–Kier alpha value is -3.05. The standard InChI is InChI=1S/C22H20N2O2S/c1-24(2)22(26)27-19-13-11-18(12-14-19)23-21(25)15-10-17-8-5-7-16-6-3-4-9-20(16)17/h3-15H,1-2H3,(H,23,25)/b15-10+. The molecule has 0 unspecified atom stereocenters. The number of rotatable bonds is 4. The first-order valence-corrected chi connectivity index (χ1v) is 9.30. The van der Waals surface area contributed by atoms with Crippen molar-refractivity contribution in [1.29, 1.82) is 0 Å². The first-order valence-electron chi connectivity index (χ1n) is 8.49. The van der Waals surface area contributed by atoms with E-state index in [2.05, 4.69) is 5.32 Å². The first kappa shape index (κ1) is 18.7. The molecule has 0 aliphatic carbocycles. The fraction of sp³-hybridized carbons (Fsp3) is 0.0909. The van der Waals surface area contributed by atoms with E-state index in [0.29, 0.717) is 5.69 Å². The molecule has 0 aliphatic rings. The van der Waals surface area contributed by atoms with E-state index in [0.717, 1.165) is 33.0 Å². The van der Waals surface area contributed by atoms with Crippen LogP contribution in [0.25, 0.3) is 16.8 Å². The van der Waals surface area contributed by atoms with Gasteiger partial charge in [0.2, 0.25) is 5.91 Å². The third-order valence-electron chi connectivity index (χ3n) is 3.93. The molecule has 0 bridgehead atoms. The smallest absolute Gasteiger partial charge is 0.285 e. The minimum Gasteiger partial charge on any atom is -0.339 e. The molecule has 1 N–H and O–H groups in total. The average Bonchev–Trinajstić information content (AvgIpc) is 2.67. The summed E-state index contributed by atoms with van der Waals surface area (Å²) in [6.07, 6.45) is 3.34. The predicted molar refractivity (Wildman–Crippen MR) is 113 cm³/mol. The molecular weight excluding hydrogens is 356 g/mol. The van der Waals surface area contributed by atoms with Crippen LogP contribution < -0.4 is 5.32 Å². The van der Waals surface area contributed by atoms with Crippen molar-refractivity contribution < 1.29 is 9.59 Å². The third kappa shape index (κ3) is 4.99. The van der Waals surface area contributed by atoms with Crippen molar-refractivity contribution >= 4 is 45.4 Å². The van der Waals surface area contributed by atoms with E-state index >= 15 is 0 Å². The quantitative estimate of drug-likeness (QED) is 0.499. The second kappa shape index (κ2) is 8.56. The van der Waals surface area contributed by atoms with Crippen molar-refractivity contribution in [3.63, 3.8) is 0 Å². The van der Waals surface area contributed by atoms with Crippen LogP contribution in [0.5, 0.6) is 0 Å². The van der Waals surface area contributed by atoms with Crippen molar-refractivity contribution in [2.45, 2.75) is 4.90 Å². The SMILES string of the molecule is CN(C)C(=O)Sc1ccc(NC(=O)/C=C/c2cccc3ccccc23)cc1. The molecule has 4 nitrogen and oxygen atoms in total. The lowest BCUT2D eigenvalue weighted by Crippen LogP contribution is -2.16. The summed E-state index contributed by atoms with van der Waals surface area (Å²) < 4.78 is 0. The number of amides is 2. The summed E-state index contributed by atoms with van der Waals surface area (Å²) in [7, 11) is 3.43. The Balaban J connectivity index is 1.65. The Morgan fingerprint density at radius 3 is 2.37 bits per heavy atom. The fourth-order valence-electron chi connectivity index (χ4n) is 2.54. The van der Waals surface area contributed by atoms with Gasteiger partial charge in [-0.05, 0) is 58.4 Å². The Morgan fingerprint density at radius 2 is 1.63 bits per heavy atom.